The monoisotopic (exact) mass is 280 g/mol. The molecule has 6 nitrogen and oxygen atoms in total. The van der Waals surface area contributed by atoms with E-state index < -0.39 is 32.3 Å². The van der Waals surface area contributed by atoms with Crippen molar-refractivity contribution in [3.8, 4) is 0 Å². The molecule has 0 spiro atoms. The molecule has 0 heterocycles. The summed E-state index contributed by atoms with van der Waals surface area (Å²) < 4.78 is 53.8. The van der Waals surface area contributed by atoms with Gasteiger partial charge in [0.1, 0.15) is 0 Å². The molecule has 0 amide bonds. The van der Waals surface area contributed by atoms with Crippen LogP contribution >= 0.6 is 0 Å². The van der Waals surface area contributed by atoms with Crippen LogP contribution in [0.15, 0.2) is 28.0 Å². The average Bonchev–Trinajstić information content (AvgIpc) is 2.15. The Morgan fingerprint density at radius 2 is 1.76 bits per heavy atom. The van der Waals surface area contributed by atoms with Gasteiger partial charge in [-0.1, -0.05) is 0 Å². The minimum atomic E-state index is -4.35. The molecule has 0 saturated carbocycles. The van der Waals surface area contributed by atoms with E-state index in [4.69, 9.17) is 9.66 Å². The van der Waals surface area contributed by atoms with Crippen LogP contribution in [-0.4, -0.2) is 38.9 Å². The number of aliphatic hydroxyl groups excluding tert-OH is 1. The second kappa shape index (κ2) is 4.73. The maximum absolute atomic E-state index is 11.6. The van der Waals surface area contributed by atoms with E-state index in [1.54, 1.807) is 0 Å². The lowest BCUT2D eigenvalue weighted by Gasteiger charge is -2.06. The number of hydrogen-bond acceptors (Lipinski definition) is 5. The molecule has 0 radical (unpaired) electrons. The van der Waals surface area contributed by atoms with Crippen molar-refractivity contribution in [3.05, 3.63) is 23.8 Å². The molecule has 0 aliphatic rings. The zero-order valence-corrected chi connectivity index (χ0v) is 10.6. The zero-order chi connectivity index (χ0) is 13.3. The smallest absolute Gasteiger partial charge is 0.294 e. The Morgan fingerprint density at radius 1 is 1.18 bits per heavy atom. The van der Waals surface area contributed by atoms with Crippen molar-refractivity contribution >= 4 is 20.0 Å². The van der Waals surface area contributed by atoms with Crippen LogP contribution in [0.5, 0.6) is 0 Å². The summed E-state index contributed by atoms with van der Waals surface area (Å²) in [5.74, 6) is -0.433. The van der Waals surface area contributed by atoms with E-state index in [2.05, 4.69) is 0 Å². The van der Waals surface area contributed by atoms with E-state index >= 15 is 0 Å². The fraction of sp³-hybridized carbons (Fsp3) is 0.333. The van der Waals surface area contributed by atoms with Gasteiger partial charge in [-0.25, -0.2) is 8.42 Å². The van der Waals surface area contributed by atoms with Crippen molar-refractivity contribution in [1.82, 2.24) is 0 Å². The quantitative estimate of drug-likeness (QED) is 0.752. The summed E-state index contributed by atoms with van der Waals surface area (Å²) >= 11 is 0. The van der Waals surface area contributed by atoms with Crippen molar-refractivity contribution in [2.75, 3.05) is 12.4 Å². The Balaban J connectivity index is 3.33. The Hall–Kier alpha value is -0.960. The number of sulfone groups is 1. The van der Waals surface area contributed by atoms with Gasteiger partial charge in [-0.2, -0.15) is 8.42 Å². The summed E-state index contributed by atoms with van der Waals surface area (Å²) in [5, 5.41) is 8.60. The molecule has 1 aromatic carbocycles. The molecule has 1 aromatic rings. The lowest BCUT2D eigenvalue weighted by atomic mass is 10.2. The fourth-order valence-electron chi connectivity index (χ4n) is 1.34. The molecule has 0 aliphatic heterocycles. The molecule has 0 saturated heterocycles. The number of aryl methyl sites for hydroxylation is 1. The number of aliphatic hydroxyl groups is 1. The first-order valence-corrected chi connectivity index (χ1v) is 7.69. The number of hydrogen-bond donors (Lipinski definition) is 2. The summed E-state index contributed by atoms with van der Waals surface area (Å²) in [6.07, 6.45) is 0. The minimum absolute atomic E-state index is 0.0866. The Labute approximate surface area is 99.6 Å². The third kappa shape index (κ3) is 3.25. The number of rotatable bonds is 4. The SMILES string of the molecule is Cc1cc(S(=O)(=O)CCO)ccc1S(=O)(=O)O. The first kappa shape index (κ1) is 14.1. The summed E-state index contributed by atoms with van der Waals surface area (Å²) in [4.78, 5) is -0.420. The topological polar surface area (TPSA) is 109 Å². The lowest BCUT2D eigenvalue weighted by Crippen LogP contribution is -2.11. The summed E-state index contributed by atoms with van der Waals surface area (Å²) in [5.41, 5.74) is 0.131. The van der Waals surface area contributed by atoms with Crippen molar-refractivity contribution in [2.24, 2.45) is 0 Å². The van der Waals surface area contributed by atoms with E-state index in [0.29, 0.717) is 0 Å². The minimum Gasteiger partial charge on any atom is -0.395 e. The van der Waals surface area contributed by atoms with E-state index in [9.17, 15) is 16.8 Å². The molecule has 17 heavy (non-hydrogen) atoms. The molecule has 0 aromatic heterocycles. The highest BCUT2D eigenvalue weighted by molar-refractivity contribution is 7.91. The molecular weight excluding hydrogens is 268 g/mol. The molecule has 0 atom stereocenters. The van der Waals surface area contributed by atoms with E-state index in [1.807, 2.05) is 0 Å². The second-order valence-corrected chi connectivity index (χ2v) is 6.94. The van der Waals surface area contributed by atoms with E-state index in [-0.39, 0.29) is 15.4 Å². The normalized spacial score (nSPS) is 12.6. The van der Waals surface area contributed by atoms with E-state index in [1.165, 1.54) is 6.92 Å². The first-order chi connectivity index (χ1) is 7.68. The zero-order valence-electron chi connectivity index (χ0n) is 8.99. The molecule has 2 N–H and O–H groups in total. The summed E-state index contributed by atoms with van der Waals surface area (Å²) in [7, 11) is -7.97. The molecule has 0 unspecified atom stereocenters. The predicted octanol–water partition coefficient (Wildman–Crippen LogP) is 0.00772. The van der Waals surface area contributed by atoms with Crippen LogP contribution in [0, 0.1) is 6.92 Å². The first-order valence-electron chi connectivity index (χ1n) is 4.60. The van der Waals surface area contributed by atoms with Crippen LogP contribution < -0.4 is 0 Å². The highest BCUT2D eigenvalue weighted by Gasteiger charge is 2.18. The van der Waals surface area contributed by atoms with Crippen LogP contribution in [0.4, 0.5) is 0 Å². The summed E-state index contributed by atoms with van der Waals surface area (Å²) in [6, 6.07) is 3.25. The van der Waals surface area contributed by atoms with Gasteiger partial charge in [0.2, 0.25) is 0 Å². The van der Waals surface area contributed by atoms with Crippen LogP contribution in [0.1, 0.15) is 5.56 Å². The largest absolute Gasteiger partial charge is 0.395 e. The molecule has 0 fully saturated rings. The van der Waals surface area contributed by atoms with Crippen LogP contribution in [0.2, 0.25) is 0 Å². The standard InChI is InChI=1S/C9H12O6S2/c1-7-6-8(16(11,12)5-4-10)2-3-9(7)17(13,14)15/h2-3,6,10H,4-5H2,1H3,(H,13,14,15). The van der Waals surface area contributed by atoms with Gasteiger partial charge in [0.15, 0.2) is 9.84 Å². The molecule has 96 valence electrons. The van der Waals surface area contributed by atoms with Gasteiger partial charge in [0.25, 0.3) is 10.1 Å². The van der Waals surface area contributed by atoms with Gasteiger partial charge in [-0.05, 0) is 30.7 Å². The fourth-order valence-corrected chi connectivity index (χ4v) is 3.16. The molecule has 8 heteroatoms. The molecular formula is C9H12O6S2. The van der Waals surface area contributed by atoms with Crippen molar-refractivity contribution in [3.63, 3.8) is 0 Å². The van der Waals surface area contributed by atoms with Gasteiger partial charge < -0.3 is 5.11 Å². The average molecular weight is 280 g/mol. The lowest BCUT2D eigenvalue weighted by molar-refractivity contribution is 0.319. The molecule has 1 rings (SSSR count). The maximum atomic E-state index is 11.6. The third-order valence-corrected chi connectivity index (χ3v) is 4.85. The molecule has 0 aliphatic carbocycles. The Morgan fingerprint density at radius 3 is 2.18 bits per heavy atom. The van der Waals surface area contributed by atoms with Gasteiger partial charge >= 0.3 is 0 Å². The van der Waals surface area contributed by atoms with Crippen LogP contribution in [0.3, 0.4) is 0 Å². The Bertz CT molecular complexity index is 615. The van der Waals surface area contributed by atoms with Crippen molar-refractivity contribution in [1.29, 1.82) is 0 Å². The van der Waals surface area contributed by atoms with Gasteiger partial charge in [-0.3, -0.25) is 4.55 Å². The van der Waals surface area contributed by atoms with Gasteiger partial charge in [-0.15, -0.1) is 0 Å². The van der Waals surface area contributed by atoms with Crippen LogP contribution in [-0.2, 0) is 20.0 Å². The maximum Gasteiger partial charge on any atom is 0.294 e. The third-order valence-electron chi connectivity index (χ3n) is 2.14. The van der Waals surface area contributed by atoms with Gasteiger partial charge in [0.05, 0.1) is 22.2 Å². The predicted molar refractivity (Wildman–Crippen MR) is 60.1 cm³/mol. The second-order valence-electron chi connectivity index (χ2n) is 3.44. The van der Waals surface area contributed by atoms with Crippen LogP contribution in [0.25, 0.3) is 0 Å². The highest BCUT2D eigenvalue weighted by atomic mass is 32.2. The summed E-state index contributed by atoms with van der Waals surface area (Å²) in [6.45, 7) is 0.864. The number of benzene rings is 1. The highest BCUT2D eigenvalue weighted by Crippen LogP contribution is 2.20. The van der Waals surface area contributed by atoms with Gasteiger partial charge in [0, 0.05) is 0 Å². The van der Waals surface area contributed by atoms with Crippen molar-refractivity contribution < 1.29 is 26.5 Å². The Kier molecular flexibility index (Phi) is 3.92. The van der Waals surface area contributed by atoms with Crippen molar-refractivity contribution in [2.45, 2.75) is 16.7 Å². The van der Waals surface area contributed by atoms with E-state index in [0.717, 1.165) is 18.2 Å². The molecule has 0 bridgehead atoms.